The van der Waals surface area contributed by atoms with E-state index in [1.165, 1.54) is 28.6 Å². The molecular weight excluding hydrogens is 316 g/mol. The molecule has 1 aliphatic carbocycles. The lowest BCUT2D eigenvalue weighted by Gasteiger charge is -2.18. The monoisotopic (exact) mass is 336 g/mol. The minimum Gasteiger partial charge on any atom is -0.465 e. The van der Waals surface area contributed by atoms with Crippen molar-refractivity contribution < 1.29 is 9.53 Å². The minimum absolute atomic E-state index is 0.183. The molecule has 22 heavy (non-hydrogen) atoms. The number of fused-ring (bicyclic) bond motifs is 3. The maximum Gasteiger partial charge on any atom is 0.319 e. The van der Waals surface area contributed by atoms with E-state index >= 15 is 0 Å². The van der Waals surface area contributed by atoms with E-state index in [1.54, 1.807) is 17.7 Å². The van der Waals surface area contributed by atoms with Crippen molar-refractivity contribution in [1.29, 1.82) is 0 Å². The number of carbonyl (C=O) groups excluding carboxylic acids is 1. The quantitative estimate of drug-likeness (QED) is 0.482. The number of thioether (sulfide) groups is 1. The predicted molar refractivity (Wildman–Crippen MR) is 90.6 cm³/mol. The highest BCUT2D eigenvalue weighted by Gasteiger charge is 2.25. The number of rotatable bonds is 4. The first-order valence-corrected chi connectivity index (χ1v) is 9.38. The van der Waals surface area contributed by atoms with E-state index in [1.807, 2.05) is 13.8 Å². The summed E-state index contributed by atoms with van der Waals surface area (Å²) in [4.78, 5) is 23.2. The zero-order valence-electron chi connectivity index (χ0n) is 13.1. The lowest BCUT2D eigenvalue weighted by Crippen LogP contribution is -2.17. The van der Waals surface area contributed by atoms with Crippen molar-refractivity contribution in [2.45, 2.75) is 50.3 Å². The molecule has 1 aliphatic rings. The van der Waals surface area contributed by atoms with Crippen LogP contribution in [0.3, 0.4) is 0 Å². The number of thiophene rings is 1. The number of esters is 1. The van der Waals surface area contributed by atoms with Crippen LogP contribution in [0.1, 0.15) is 37.6 Å². The Morgan fingerprint density at radius 2 is 2.36 bits per heavy atom. The Morgan fingerprint density at radius 3 is 3.14 bits per heavy atom. The van der Waals surface area contributed by atoms with Gasteiger partial charge in [-0.25, -0.2) is 9.97 Å². The third-order valence-electron chi connectivity index (χ3n) is 3.96. The zero-order valence-corrected chi connectivity index (χ0v) is 14.7. The van der Waals surface area contributed by atoms with Crippen molar-refractivity contribution in [3.05, 3.63) is 16.8 Å². The van der Waals surface area contributed by atoms with Crippen LogP contribution in [0, 0.1) is 5.92 Å². The molecule has 0 amide bonds. The molecule has 2 atom stereocenters. The summed E-state index contributed by atoms with van der Waals surface area (Å²) in [6, 6.07) is 0. The summed E-state index contributed by atoms with van der Waals surface area (Å²) < 4.78 is 5.10. The molecule has 2 aromatic rings. The van der Waals surface area contributed by atoms with Gasteiger partial charge < -0.3 is 4.74 Å². The number of ether oxygens (including phenoxy) is 1. The van der Waals surface area contributed by atoms with Gasteiger partial charge in [0, 0.05) is 10.3 Å². The second-order valence-corrected chi connectivity index (χ2v) is 8.14. The molecule has 0 radical (unpaired) electrons. The Balaban J connectivity index is 1.95. The Hall–Kier alpha value is -1.14. The number of hydrogen-bond acceptors (Lipinski definition) is 6. The Morgan fingerprint density at radius 1 is 1.55 bits per heavy atom. The predicted octanol–water partition coefficient (Wildman–Crippen LogP) is 3.86. The topological polar surface area (TPSA) is 52.1 Å². The molecule has 3 rings (SSSR count). The summed E-state index contributed by atoms with van der Waals surface area (Å²) >= 11 is 3.26. The van der Waals surface area contributed by atoms with Crippen LogP contribution in [-0.2, 0) is 22.4 Å². The van der Waals surface area contributed by atoms with Crippen LogP contribution < -0.4 is 0 Å². The molecule has 6 heteroatoms. The first kappa shape index (κ1) is 15.7. The summed E-state index contributed by atoms with van der Waals surface area (Å²) in [5.74, 6) is 0.556. The van der Waals surface area contributed by atoms with Crippen LogP contribution >= 0.6 is 23.1 Å². The van der Waals surface area contributed by atoms with E-state index < -0.39 is 0 Å². The van der Waals surface area contributed by atoms with Gasteiger partial charge in [0.25, 0.3) is 0 Å². The normalized spacial score (nSPS) is 19.0. The number of aromatic nitrogens is 2. The Kier molecular flexibility index (Phi) is 4.68. The van der Waals surface area contributed by atoms with E-state index in [2.05, 4.69) is 16.9 Å². The maximum atomic E-state index is 11.9. The fourth-order valence-corrected chi connectivity index (χ4v) is 5.17. The van der Waals surface area contributed by atoms with Gasteiger partial charge in [0.1, 0.15) is 21.4 Å². The Bertz CT molecular complexity index is 699. The molecule has 0 fully saturated rings. The summed E-state index contributed by atoms with van der Waals surface area (Å²) in [7, 11) is 0. The highest BCUT2D eigenvalue weighted by atomic mass is 32.2. The first-order valence-electron chi connectivity index (χ1n) is 7.68. The summed E-state index contributed by atoms with van der Waals surface area (Å²) in [5, 5.41) is 1.82. The van der Waals surface area contributed by atoms with Crippen molar-refractivity contribution in [2.75, 3.05) is 6.61 Å². The molecule has 0 spiro atoms. The fraction of sp³-hybridized carbons (Fsp3) is 0.562. The highest BCUT2D eigenvalue weighted by Crippen LogP contribution is 2.41. The van der Waals surface area contributed by atoms with Crippen molar-refractivity contribution in [3.63, 3.8) is 0 Å². The average Bonchev–Trinajstić information content (AvgIpc) is 2.85. The fourth-order valence-electron chi connectivity index (χ4n) is 2.81. The first-order chi connectivity index (χ1) is 10.6. The molecule has 0 N–H and O–H groups in total. The third-order valence-corrected chi connectivity index (χ3v) is 6.21. The van der Waals surface area contributed by atoms with Crippen molar-refractivity contribution in [1.82, 2.24) is 9.97 Å². The minimum atomic E-state index is -0.254. The van der Waals surface area contributed by atoms with E-state index in [4.69, 9.17) is 4.74 Å². The molecule has 118 valence electrons. The van der Waals surface area contributed by atoms with E-state index in [9.17, 15) is 4.79 Å². The van der Waals surface area contributed by atoms with Crippen molar-refractivity contribution in [2.24, 2.45) is 5.92 Å². The summed E-state index contributed by atoms with van der Waals surface area (Å²) in [5.41, 5.74) is 1.40. The van der Waals surface area contributed by atoms with Crippen LogP contribution in [0.4, 0.5) is 0 Å². The van der Waals surface area contributed by atoms with Crippen LogP contribution in [0.5, 0.6) is 0 Å². The lowest BCUT2D eigenvalue weighted by atomic mass is 9.89. The SMILES string of the molecule is CCOC(=O)[C@@H](C)Sc1ncnc2sc3c(c12)CC[C@@H](C)C3. The van der Waals surface area contributed by atoms with Gasteiger partial charge in [-0.3, -0.25) is 4.79 Å². The third kappa shape index (κ3) is 2.99. The standard InChI is InChI=1S/C16H20N2O2S2/c1-4-20-16(19)10(3)21-14-13-11-6-5-9(2)7-12(11)22-15(13)18-8-17-14/h8-10H,4-7H2,1-3H3/t9-,10-/m1/s1. The number of hydrogen-bond donors (Lipinski definition) is 0. The van der Waals surface area contributed by atoms with Gasteiger partial charge in [-0.05, 0) is 44.6 Å². The van der Waals surface area contributed by atoms with E-state index in [0.29, 0.717) is 6.61 Å². The van der Waals surface area contributed by atoms with Gasteiger partial charge in [0.05, 0.1) is 6.61 Å². The number of nitrogens with zero attached hydrogens (tertiary/aromatic N) is 2. The molecule has 2 heterocycles. The summed E-state index contributed by atoms with van der Waals surface area (Å²) in [6.45, 7) is 6.41. The van der Waals surface area contributed by atoms with Gasteiger partial charge in [0.15, 0.2) is 0 Å². The Labute approximate surface area is 138 Å². The second-order valence-electron chi connectivity index (χ2n) is 5.72. The van der Waals surface area contributed by atoms with Crippen LogP contribution in [0.25, 0.3) is 10.2 Å². The zero-order chi connectivity index (χ0) is 15.7. The largest absolute Gasteiger partial charge is 0.465 e. The average molecular weight is 336 g/mol. The molecule has 0 aliphatic heterocycles. The maximum absolute atomic E-state index is 11.9. The summed E-state index contributed by atoms with van der Waals surface area (Å²) in [6.07, 6.45) is 5.04. The van der Waals surface area contributed by atoms with Crippen LogP contribution in [0.2, 0.25) is 0 Å². The lowest BCUT2D eigenvalue weighted by molar-refractivity contribution is -0.142. The van der Waals surface area contributed by atoms with Gasteiger partial charge in [-0.2, -0.15) is 0 Å². The number of carbonyl (C=O) groups is 1. The van der Waals surface area contributed by atoms with Crippen LogP contribution in [-0.4, -0.2) is 27.8 Å². The van der Waals surface area contributed by atoms with Gasteiger partial charge in [-0.15, -0.1) is 11.3 Å². The van der Waals surface area contributed by atoms with E-state index in [-0.39, 0.29) is 11.2 Å². The van der Waals surface area contributed by atoms with Crippen LogP contribution in [0.15, 0.2) is 11.4 Å². The molecule has 0 saturated carbocycles. The molecule has 4 nitrogen and oxygen atoms in total. The number of aryl methyl sites for hydroxylation is 1. The van der Waals surface area contributed by atoms with Gasteiger partial charge >= 0.3 is 5.97 Å². The van der Waals surface area contributed by atoms with Gasteiger partial charge in [-0.1, -0.05) is 18.7 Å². The molecule has 2 aromatic heterocycles. The van der Waals surface area contributed by atoms with Gasteiger partial charge in [0.2, 0.25) is 0 Å². The highest BCUT2D eigenvalue weighted by molar-refractivity contribution is 8.00. The molecule has 0 unspecified atom stereocenters. The van der Waals surface area contributed by atoms with Crippen molar-refractivity contribution >= 4 is 39.3 Å². The molecular formula is C16H20N2O2S2. The smallest absolute Gasteiger partial charge is 0.319 e. The molecule has 0 aromatic carbocycles. The van der Waals surface area contributed by atoms with E-state index in [0.717, 1.165) is 34.0 Å². The molecule has 0 saturated heterocycles. The second kappa shape index (κ2) is 6.54. The van der Waals surface area contributed by atoms with Crippen molar-refractivity contribution in [3.8, 4) is 0 Å². The molecule has 0 bridgehead atoms.